The highest BCUT2D eigenvalue weighted by atomic mass is 16.6. The lowest BCUT2D eigenvalue weighted by molar-refractivity contribution is -0.393. The third-order valence-corrected chi connectivity index (χ3v) is 2.97. The van der Waals surface area contributed by atoms with Gasteiger partial charge in [-0.15, -0.1) is 6.42 Å². The maximum atomic E-state index is 11.0. The minimum atomic E-state index is -0.723. The molecule has 0 radical (unpaired) electrons. The summed E-state index contributed by atoms with van der Waals surface area (Å²) in [4.78, 5) is 20.3. The van der Waals surface area contributed by atoms with Gasteiger partial charge in [-0.2, -0.15) is 5.10 Å². The van der Waals surface area contributed by atoms with Crippen LogP contribution in [-0.4, -0.2) is 22.7 Å². The number of non-ortho nitro benzene ring substituents is 1. The summed E-state index contributed by atoms with van der Waals surface area (Å²) in [7, 11) is 0. The number of hydrazone groups is 1. The third-order valence-electron chi connectivity index (χ3n) is 2.97. The molecule has 0 heterocycles. The molecule has 2 aromatic rings. The van der Waals surface area contributed by atoms with Crippen molar-refractivity contribution < 1.29 is 14.6 Å². The number of nitro benzene ring substituents is 2. The summed E-state index contributed by atoms with van der Waals surface area (Å²) < 4.78 is 5.28. The van der Waals surface area contributed by atoms with Crippen LogP contribution in [0.5, 0.6) is 5.75 Å². The molecule has 9 nitrogen and oxygen atoms in total. The highest BCUT2D eigenvalue weighted by Crippen LogP contribution is 2.28. The average Bonchev–Trinajstić information content (AvgIpc) is 2.60. The maximum absolute atomic E-state index is 11.0. The van der Waals surface area contributed by atoms with Crippen molar-refractivity contribution >= 4 is 23.3 Å². The Kier molecular flexibility index (Phi) is 5.63. The number of ether oxygens (including phenoxy) is 1. The first-order valence-electron chi connectivity index (χ1n) is 6.89. The number of rotatable bonds is 7. The van der Waals surface area contributed by atoms with Crippen molar-refractivity contribution in [1.29, 1.82) is 0 Å². The van der Waals surface area contributed by atoms with Gasteiger partial charge >= 0.3 is 5.69 Å². The van der Waals surface area contributed by atoms with Crippen LogP contribution in [-0.2, 0) is 0 Å². The molecular weight excluding hydrogens is 328 g/mol. The van der Waals surface area contributed by atoms with Crippen LogP contribution in [0.1, 0.15) is 5.56 Å². The lowest BCUT2D eigenvalue weighted by Gasteiger charge is -2.03. The fourth-order valence-corrected chi connectivity index (χ4v) is 1.87. The number of terminal acetylenes is 1. The predicted octanol–water partition coefficient (Wildman–Crippen LogP) is 2.96. The highest BCUT2D eigenvalue weighted by molar-refractivity contribution is 5.81. The van der Waals surface area contributed by atoms with Crippen LogP contribution in [0.25, 0.3) is 0 Å². The molecule has 1 N–H and O–H groups in total. The first kappa shape index (κ1) is 17.4. The standard InChI is InChI=1S/C16H12N4O5/c1-2-8-25-14-5-3-4-12(9-14)11-17-18-15-7-6-13(19(21)22)10-16(15)20(23)24/h1,3-7,9-11,18H,8H2/b17-11+. The van der Waals surface area contributed by atoms with Crippen LogP contribution in [0.2, 0.25) is 0 Å². The summed E-state index contributed by atoms with van der Waals surface area (Å²) in [6.07, 6.45) is 6.54. The van der Waals surface area contributed by atoms with Gasteiger partial charge in [-0.25, -0.2) is 0 Å². The Morgan fingerprint density at radius 3 is 2.68 bits per heavy atom. The van der Waals surface area contributed by atoms with Crippen molar-refractivity contribution in [2.45, 2.75) is 0 Å². The summed E-state index contributed by atoms with van der Waals surface area (Å²) in [5.41, 5.74) is 2.39. The summed E-state index contributed by atoms with van der Waals surface area (Å²) in [6.45, 7) is 0.133. The van der Waals surface area contributed by atoms with Gasteiger partial charge in [0.25, 0.3) is 5.69 Å². The first-order valence-corrected chi connectivity index (χ1v) is 6.89. The van der Waals surface area contributed by atoms with Crippen molar-refractivity contribution in [3.8, 4) is 18.1 Å². The Morgan fingerprint density at radius 2 is 2.00 bits per heavy atom. The minimum Gasteiger partial charge on any atom is -0.481 e. The summed E-state index contributed by atoms with van der Waals surface area (Å²) in [5, 5.41) is 25.6. The molecule has 9 heteroatoms. The molecule has 0 saturated heterocycles. The molecule has 25 heavy (non-hydrogen) atoms. The normalized spacial score (nSPS) is 10.2. The summed E-state index contributed by atoms with van der Waals surface area (Å²) >= 11 is 0. The molecule has 126 valence electrons. The molecule has 0 atom stereocenters. The first-order chi connectivity index (χ1) is 12.0. The van der Waals surface area contributed by atoms with Gasteiger partial charge in [-0.05, 0) is 23.8 Å². The van der Waals surface area contributed by atoms with Gasteiger partial charge in [-0.3, -0.25) is 25.7 Å². The van der Waals surface area contributed by atoms with Crippen molar-refractivity contribution in [1.82, 2.24) is 0 Å². The number of nitrogens with one attached hydrogen (secondary N) is 1. The van der Waals surface area contributed by atoms with Crippen molar-refractivity contribution in [3.05, 3.63) is 68.3 Å². The van der Waals surface area contributed by atoms with E-state index in [2.05, 4.69) is 16.4 Å². The van der Waals surface area contributed by atoms with E-state index in [1.807, 2.05) is 0 Å². The second-order valence-corrected chi connectivity index (χ2v) is 4.65. The molecule has 0 aliphatic carbocycles. The van der Waals surface area contributed by atoms with E-state index in [4.69, 9.17) is 11.2 Å². The van der Waals surface area contributed by atoms with E-state index in [1.54, 1.807) is 24.3 Å². The SMILES string of the molecule is C#CCOc1cccc(/C=N/Nc2ccc([N+](=O)[O-])cc2[N+](=O)[O-])c1. The molecule has 0 aromatic heterocycles. The second kappa shape index (κ2) is 8.07. The van der Waals surface area contributed by atoms with E-state index < -0.39 is 15.5 Å². The molecule has 0 aliphatic rings. The number of hydrogen-bond donors (Lipinski definition) is 1. The number of nitrogens with zero attached hydrogens (tertiary/aromatic N) is 3. The van der Waals surface area contributed by atoms with Gasteiger partial charge in [0.2, 0.25) is 0 Å². The fraction of sp³-hybridized carbons (Fsp3) is 0.0625. The molecule has 0 bridgehead atoms. The molecule has 0 amide bonds. The molecule has 2 aromatic carbocycles. The molecule has 0 saturated carbocycles. The van der Waals surface area contributed by atoms with E-state index in [1.165, 1.54) is 12.3 Å². The predicted molar refractivity (Wildman–Crippen MR) is 91.7 cm³/mol. The van der Waals surface area contributed by atoms with Crippen molar-refractivity contribution in [3.63, 3.8) is 0 Å². The van der Waals surface area contributed by atoms with Gasteiger partial charge in [-0.1, -0.05) is 18.1 Å². The molecule has 2 rings (SSSR count). The maximum Gasteiger partial charge on any atom is 0.301 e. The average molecular weight is 340 g/mol. The number of hydrogen-bond acceptors (Lipinski definition) is 7. The lowest BCUT2D eigenvalue weighted by atomic mass is 10.2. The second-order valence-electron chi connectivity index (χ2n) is 4.65. The van der Waals surface area contributed by atoms with Crippen LogP contribution >= 0.6 is 0 Å². The molecule has 0 aliphatic heterocycles. The summed E-state index contributed by atoms with van der Waals surface area (Å²) in [6, 6.07) is 10.1. The quantitative estimate of drug-likeness (QED) is 0.358. The smallest absolute Gasteiger partial charge is 0.301 e. The van der Waals surface area contributed by atoms with Gasteiger partial charge < -0.3 is 4.74 Å². The van der Waals surface area contributed by atoms with E-state index >= 15 is 0 Å². The van der Waals surface area contributed by atoms with Crippen LogP contribution in [0.3, 0.4) is 0 Å². The Morgan fingerprint density at radius 1 is 1.20 bits per heavy atom. The zero-order chi connectivity index (χ0) is 18.2. The number of benzene rings is 2. The Hall–Kier alpha value is -3.93. The zero-order valence-corrected chi connectivity index (χ0v) is 12.8. The van der Waals surface area contributed by atoms with Crippen LogP contribution in [0, 0.1) is 32.6 Å². The largest absolute Gasteiger partial charge is 0.481 e. The van der Waals surface area contributed by atoms with E-state index in [9.17, 15) is 20.2 Å². The highest BCUT2D eigenvalue weighted by Gasteiger charge is 2.18. The topological polar surface area (TPSA) is 120 Å². The minimum absolute atomic E-state index is 0.0339. The van der Waals surface area contributed by atoms with Gasteiger partial charge in [0, 0.05) is 6.07 Å². The fourth-order valence-electron chi connectivity index (χ4n) is 1.87. The Labute approximate surface area is 142 Å². The number of nitro groups is 2. The molecule has 0 spiro atoms. The summed E-state index contributed by atoms with van der Waals surface area (Å²) in [5.74, 6) is 2.91. The van der Waals surface area contributed by atoms with E-state index in [-0.39, 0.29) is 18.0 Å². The van der Waals surface area contributed by atoms with E-state index in [0.29, 0.717) is 11.3 Å². The molecule has 0 unspecified atom stereocenters. The Balaban J connectivity index is 2.15. The van der Waals surface area contributed by atoms with Gasteiger partial charge in [0.1, 0.15) is 18.0 Å². The molecule has 0 fully saturated rings. The molecular formula is C16H12N4O5. The van der Waals surface area contributed by atoms with Crippen molar-refractivity contribution in [2.75, 3.05) is 12.0 Å². The third kappa shape index (κ3) is 4.77. The van der Waals surface area contributed by atoms with Gasteiger partial charge in [0.05, 0.1) is 22.1 Å². The van der Waals surface area contributed by atoms with E-state index in [0.717, 1.165) is 12.1 Å². The van der Waals surface area contributed by atoms with Crippen LogP contribution < -0.4 is 10.2 Å². The van der Waals surface area contributed by atoms with Crippen LogP contribution in [0.15, 0.2) is 47.6 Å². The van der Waals surface area contributed by atoms with Crippen molar-refractivity contribution in [2.24, 2.45) is 5.10 Å². The van der Waals surface area contributed by atoms with Gasteiger partial charge in [0.15, 0.2) is 0 Å². The van der Waals surface area contributed by atoms with Crippen LogP contribution in [0.4, 0.5) is 17.1 Å². The number of anilines is 1. The zero-order valence-electron chi connectivity index (χ0n) is 12.8. The monoisotopic (exact) mass is 340 g/mol. The Bertz CT molecular complexity index is 873. The lowest BCUT2D eigenvalue weighted by Crippen LogP contribution is -1.99.